The minimum atomic E-state index is -0.0660. The number of hydrogen-bond acceptors (Lipinski definition) is 3. The van der Waals surface area contributed by atoms with E-state index in [2.05, 4.69) is 39.0 Å². The Labute approximate surface area is 121 Å². The highest BCUT2D eigenvalue weighted by molar-refractivity contribution is 9.10. The van der Waals surface area contributed by atoms with Gasteiger partial charge in [-0.25, -0.2) is 0 Å². The Balaban J connectivity index is 1.90. The van der Waals surface area contributed by atoms with Crippen LogP contribution in [-0.2, 0) is 6.61 Å². The third kappa shape index (κ3) is 2.55. The second-order valence-corrected chi connectivity index (χ2v) is 5.64. The van der Waals surface area contributed by atoms with Gasteiger partial charge in [-0.1, -0.05) is 0 Å². The van der Waals surface area contributed by atoms with Crippen molar-refractivity contribution in [2.45, 2.75) is 19.4 Å². The Morgan fingerprint density at radius 2 is 1.95 bits per heavy atom. The molecule has 0 saturated carbocycles. The van der Waals surface area contributed by atoms with Crippen molar-refractivity contribution in [1.29, 1.82) is 0 Å². The minimum Gasteiger partial charge on any atom is -0.459 e. The number of halogens is 1. The van der Waals surface area contributed by atoms with Crippen molar-refractivity contribution >= 4 is 21.6 Å². The van der Waals surface area contributed by atoms with Crippen LogP contribution in [0.15, 0.2) is 39.2 Å². The van der Waals surface area contributed by atoms with E-state index in [0.29, 0.717) is 5.76 Å². The Bertz CT molecular complexity index is 573. The fraction of sp³-hybridized carbons (Fsp3) is 0.333. The number of furan rings is 1. The van der Waals surface area contributed by atoms with Gasteiger partial charge in [0.25, 0.3) is 0 Å². The maximum absolute atomic E-state index is 9.04. The summed E-state index contributed by atoms with van der Waals surface area (Å²) in [5, 5.41) is 9.04. The number of aliphatic hydroxyl groups is 1. The van der Waals surface area contributed by atoms with Gasteiger partial charge in [-0.3, -0.25) is 0 Å². The van der Waals surface area contributed by atoms with Crippen LogP contribution in [0.1, 0.15) is 18.6 Å². The summed E-state index contributed by atoms with van der Waals surface area (Å²) >= 11 is 3.61. The molecule has 100 valence electrons. The van der Waals surface area contributed by atoms with E-state index < -0.39 is 0 Å². The lowest BCUT2D eigenvalue weighted by Crippen LogP contribution is -2.17. The molecule has 1 aliphatic heterocycles. The number of rotatable bonds is 3. The van der Waals surface area contributed by atoms with Crippen LogP contribution in [0, 0.1) is 0 Å². The summed E-state index contributed by atoms with van der Waals surface area (Å²) in [5.41, 5.74) is 2.27. The zero-order valence-electron chi connectivity index (χ0n) is 10.6. The summed E-state index contributed by atoms with van der Waals surface area (Å²) < 4.78 is 6.60. The summed E-state index contributed by atoms with van der Waals surface area (Å²) in [6.07, 6.45) is 2.55. The second-order valence-electron chi connectivity index (χ2n) is 4.78. The van der Waals surface area contributed by atoms with Gasteiger partial charge in [0.05, 0.1) is 0 Å². The molecule has 0 radical (unpaired) electrons. The molecular weight excluding hydrogens is 306 g/mol. The van der Waals surface area contributed by atoms with Crippen molar-refractivity contribution in [3.8, 4) is 11.3 Å². The Morgan fingerprint density at radius 3 is 2.58 bits per heavy atom. The molecule has 1 aliphatic rings. The molecule has 2 aromatic rings. The molecule has 3 nitrogen and oxygen atoms in total. The number of aliphatic hydroxyl groups excluding tert-OH is 1. The average molecular weight is 322 g/mol. The molecule has 2 heterocycles. The van der Waals surface area contributed by atoms with E-state index in [-0.39, 0.29) is 6.61 Å². The van der Waals surface area contributed by atoms with Crippen molar-refractivity contribution in [3.05, 3.63) is 40.6 Å². The smallest absolute Gasteiger partial charge is 0.135 e. The number of hydrogen-bond donors (Lipinski definition) is 1. The number of anilines is 1. The molecule has 3 rings (SSSR count). The first-order valence-corrected chi connectivity index (χ1v) is 7.31. The molecule has 0 bridgehead atoms. The van der Waals surface area contributed by atoms with Crippen molar-refractivity contribution in [3.63, 3.8) is 0 Å². The van der Waals surface area contributed by atoms with Crippen molar-refractivity contribution in [2.24, 2.45) is 0 Å². The fourth-order valence-corrected chi connectivity index (χ4v) is 3.05. The first-order valence-electron chi connectivity index (χ1n) is 6.52. The fourth-order valence-electron chi connectivity index (χ4n) is 2.48. The molecule has 1 N–H and O–H groups in total. The van der Waals surface area contributed by atoms with E-state index in [9.17, 15) is 0 Å². The van der Waals surface area contributed by atoms with Gasteiger partial charge in [0, 0.05) is 28.8 Å². The van der Waals surface area contributed by atoms with E-state index >= 15 is 0 Å². The summed E-state index contributed by atoms with van der Waals surface area (Å²) in [7, 11) is 0. The van der Waals surface area contributed by atoms with Crippen LogP contribution in [0.4, 0.5) is 5.69 Å². The van der Waals surface area contributed by atoms with E-state index in [1.807, 2.05) is 6.07 Å². The van der Waals surface area contributed by atoms with E-state index in [4.69, 9.17) is 9.52 Å². The topological polar surface area (TPSA) is 36.6 Å². The van der Waals surface area contributed by atoms with Gasteiger partial charge >= 0.3 is 0 Å². The predicted molar refractivity (Wildman–Crippen MR) is 79.2 cm³/mol. The van der Waals surface area contributed by atoms with Crippen LogP contribution in [0.2, 0.25) is 0 Å². The monoisotopic (exact) mass is 321 g/mol. The third-order valence-electron chi connectivity index (χ3n) is 3.51. The summed E-state index contributed by atoms with van der Waals surface area (Å²) in [6, 6.07) is 10.0. The van der Waals surface area contributed by atoms with Crippen LogP contribution >= 0.6 is 15.9 Å². The second kappa shape index (κ2) is 5.39. The van der Waals surface area contributed by atoms with Crippen molar-refractivity contribution < 1.29 is 9.52 Å². The van der Waals surface area contributed by atoms with Crippen LogP contribution in [0.3, 0.4) is 0 Å². The molecule has 0 spiro atoms. The van der Waals surface area contributed by atoms with Gasteiger partial charge in [-0.15, -0.1) is 0 Å². The number of nitrogens with zero attached hydrogens (tertiary/aromatic N) is 1. The lowest BCUT2D eigenvalue weighted by Gasteiger charge is -2.18. The van der Waals surface area contributed by atoms with Crippen molar-refractivity contribution in [2.75, 3.05) is 18.0 Å². The van der Waals surface area contributed by atoms with Gasteiger partial charge in [-0.05, 0) is 59.1 Å². The van der Waals surface area contributed by atoms with Gasteiger partial charge < -0.3 is 14.4 Å². The van der Waals surface area contributed by atoms with Crippen LogP contribution < -0.4 is 4.90 Å². The molecule has 19 heavy (non-hydrogen) atoms. The lowest BCUT2D eigenvalue weighted by molar-refractivity contribution is 0.248. The van der Waals surface area contributed by atoms with Crippen molar-refractivity contribution in [1.82, 2.24) is 0 Å². The Morgan fingerprint density at radius 1 is 1.16 bits per heavy atom. The molecular formula is C15H16BrNO2. The zero-order valence-corrected chi connectivity index (χ0v) is 12.2. The molecule has 0 atom stereocenters. The van der Waals surface area contributed by atoms with Gasteiger partial charge in [0.1, 0.15) is 18.1 Å². The first-order chi connectivity index (χ1) is 9.28. The normalized spacial score (nSPS) is 15.2. The Kier molecular flexibility index (Phi) is 3.62. The quantitative estimate of drug-likeness (QED) is 0.934. The highest BCUT2D eigenvalue weighted by atomic mass is 79.9. The maximum atomic E-state index is 9.04. The molecule has 0 aliphatic carbocycles. The Hall–Kier alpha value is -1.26. The average Bonchev–Trinajstić information content (AvgIpc) is 3.10. The maximum Gasteiger partial charge on any atom is 0.135 e. The highest BCUT2D eigenvalue weighted by Gasteiger charge is 2.15. The van der Waals surface area contributed by atoms with E-state index in [0.717, 1.165) is 28.9 Å². The minimum absolute atomic E-state index is 0.0660. The lowest BCUT2D eigenvalue weighted by atomic mass is 10.1. The van der Waals surface area contributed by atoms with Crippen LogP contribution in [0.25, 0.3) is 11.3 Å². The predicted octanol–water partition coefficient (Wildman–Crippen LogP) is 3.80. The van der Waals surface area contributed by atoms with Gasteiger partial charge in [0.2, 0.25) is 0 Å². The highest BCUT2D eigenvalue weighted by Crippen LogP contribution is 2.33. The number of benzene rings is 1. The first kappa shape index (κ1) is 12.8. The largest absolute Gasteiger partial charge is 0.459 e. The standard InChI is InChI=1S/C15H16BrNO2/c16-14-9-11(17-7-1-2-8-17)3-5-13(14)15-6-4-12(10-18)19-15/h3-6,9,18H,1-2,7-8,10H2. The molecule has 0 unspecified atom stereocenters. The van der Waals surface area contributed by atoms with Crippen LogP contribution in [-0.4, -0.2) is 18.2 Å². The summed E-state index contributed by atoms with van der Waals surface area (Å²) in [6.45, 7) is 2.21. The molecule has 1 aromatic heterocycles. The van der Waals surface area contributed by atoms with E-state index in [1.54, 1.807) is 6.07 Å². The van der Waals surface area contributed by atoms with Crippen LogP contribution in [0.5, 0.6) is 0 Å². The van der Waals surface area contributed by atoms with Gasteiger partial charge in [0.15, 0.2) is 0 Å². The molecule has 1 fully saturated rings. The van der Waals surface area contributed by atoms with E-state index in [1.165, 1.54) is 18.5 Å². The molecule has 1 aromatic carbocycles. The summed E-state index contributed by atoms with van der Waals surface area (Å²) in [5.74, 6) is 1.37. The third-order valence-corrected chi connectivity index (χ3v) is 4.16. The summed E-state index contributed by atoms with van der Waals surface area (Å²) in [4.78, 5) is 2.40. The SMILES string of the molecule is OCc1ccc(-c2ccc(N3CCCC3)cc2Br)o1. The molecule has 1 saturated heterocycles. The van der Waals surface area contributed by atoms with Gasteiger partial charge in [-0.2, -0.15) is 0 Å². The molecule has 0 amide bonds. The zero-order chi connectivity index (χ0) is 13.2. The molecule has 4 heteroatoms.